The van der Waals surface area contributed by atoms with E-state index in [0.717, 1.165) is 9.35 Å². The topological polar surface area (TPSA) is 94.0 Å². The Kier molecular flexibility index (Phi) is 4.10. The highest BCUT2D eigenvalue weighted by Gasteiger charge is 2.14. The third-order valence-corrected chi connectivity index (χ3v) is 3.85. The summed E-state index contributed by atoms with van der Waals surface area (Å²) in [4.78, 5) is 10.6. The Hall–Kier alpha value is -1.25. The van der Waals surface area contributed by atoms with Crippen LogP contribution in [0.3, 0.4) is 0 Å². The van der Waals surface area contributed by atoms with Crippen molar-refractivity contribution in [3.8, 4) is 0 Å². The number of thiophene rings is 1. The maximum absolute atomic E-state index is 10.6. The minimum atomic E-state index is -1.04. The molecule has 0 saturated heterocycles. The average molecular weight is 331 g/mol. The van der Waals surface area contributed by atoms with Gasteiger partial charge in [-0.25, -0.2) is 4.68 Å². The summed E-state index contributed by atoms with van der Waals surface area (Å²) >= 11 is 4.99. The highest BCUT2D eigenvalue weighted by Crippen LogP contribution is 2.21. The number of carbonyl (C=O) groups is 1. The van der Waals surface area contributed by atoms with Crippen LogP contribution >= 0.6 is 27.3 Å². The van der Waals surface area contributed by atoms with Gasteiger partial charge in [0.25, 0.3) is 0 Å². The number of hydrogen-bond donors (Lipinski definition) is 2. The molecule has 0 bridgehead atoms. The maximum Gasteiger partial charge on any atom is 0.320 e. The van der Waals surface area contributed by atoms with Gasteiger partial charge in [0.2, 0.25) is 0 Å². The van der Waals surface area contributed by atoms with Crippen molar-refractivity contribution >= 4 is 33.2 Å². The Labute approximate surface area is 116 Å². The fourth-order valence-electron chi connectivity index (χ4n) is 1.44. The third-order valence-electron chi connectivity index (χ3n) is 2.30. The minimum Gasteiger partial charge on any atom is -0.480 e. The monoisotopic (exact) mass is 330 g/mol. The number of halogens is 1. The third kappa shape index (κ3) is 3.37. The number of hydrogen-bond acceptors (Lipinski definition) is 5. The second kappa shape index (κ2) is 5.59. The maximum atomic E-state index is 10.6. The predicted molar refractivity (Wildman–Crippen MR) is 70.5 cm³/mol. The lowest BCUT2D eigenvalue weighted by Crippen LogP contribution is -2.32. The summed E-state index contributed by atoms with van der Waals surface area (Å²) in [6.45, 7) is 0.609. The van der Waals surface area contributed by atoms with E-state index in [0.29, 0.717) is 12.2 Å². The van der Waals surface area contributed by atoms with Gasteiger partial charge in [0.1, 0.15) is 6.04 Å². The van der Waals surface area contributed by atoms with Gasteiger partial charge in [-0.2, -0.15) is 0 Å². The molecule has 0 aromatic carbocycles. The Bertz CT molecular complexity index is 554. The zero-order chi connectivity index (χ0) is 13.1. The molecular weight excluding hydrogens is 320 g/mol. The van der Waals surface area contributed by atoms with Crippen molar-refractivity contribution in [1.82, 2.24) is 15.0 Å². The molecule has 2 aromatic heterocycles. The molecule has 18 heavy (non-hydrogen) atoms. The Balaban J connectivity index is 2.00. The molecule has 0 radical (unpaired) electrons. The van der Waals surface area contributed by atoms with E-state index < -0.39 is 12.0 Å². The molecule has 96 valence electrons. The summed E-state index contributed by atoms with van der Waals surface area (Å²) in [5.41, 5.74) is 7.13. The van der Waals surface area contributed by atoms with E-state index in [-0.39, 0.29) is 6.42 Å². The van der Waals surface area contributed by atoms with Crippen LogP contribution in [0.15, 0.2) is 21.4 Å². The molecule has 1 atom stereocenters. The predicted octanol–water partition coefficient (Wildman–Crippen LogP) is 1.10. The van der Waals surface area contributed by atoms with Crippen molar-refractivity contribution in [2.75, 3.05) is 0 Å². The number of aromatic nitrogens is 3. The molecule has 0 amide bonds. The van der Waals surface area contributed by atoms with Crippen LogP contribution in [0.4, 0.5) is 0 Å². The lowest BCUT2D eigenvalue weighted by atomic mass is 10.2. The largest absolute Gasteiger partial charge is 0.480 e. The van der Waals surface area contributed by atoms with Crippen molar-refractivity contribution in [3.63, 3.8) is 0 Å². The van der Waals surface area contributed by atoms with Crippen molar-refractivity contribution in [2.45, 2.75) is 19.0 Å². The Morgan fingerprint density at radius 1 is 1.67 bits per heavy atom. The van der Waals surface area contributed by atoms with Crippen molar-refractivity contribution in [2.24, 2.45) is 5.73 Å². The number of rotatable bonds is 5. The minimum absolute atomic E-state index is 0.183. The summed E-state index contributed by atoms with van der Waals surface area (Å²) in [5, 5.41) is 18.6. The second-order valence-electron chi connectivity index (χ2n) is 3.82. The summed E-state index contributed by atoms with van der Waals surface area (Å²) in [7, 11) is 0. The standard InChI is InChI=1S/C10H11BrN4O2S/c11-9-1-6(5-18-9)3-15-4-7(13-14-15)2-8(12)10(16)17/h1,4-5,8H,2-3,12H2,(H,16,17). The van der Waals surface area contributed by atoms with Gasteiger partial charge in [0, 0.05) is 12.6 Å². The summed E-state index contributed by atoms with van der Waals surface area (Å²) in [6.07, 6.45) is 1.90. The molecule has 0 aliphatic heterocycles. The first-order valence-electron chi connectivity index (χ1n) is 5.15. The van der Waals surface area contributed by atoms with E-state index in [1.54, 1.807) is 22.2 Å². The fraction of sp³-hybridized carbons (Fsp3) is 0.300. The number of aliphatic carboxylic acids is 1. The van der Waals surface area contributed by atoms with E-state index in [1.165, 1.54) is 0 Å². The normalized spacial score (nSPS) is 12.6. The molecule has 0 spiro atoms. The van der Waals surface area contributed by atoms with Crippen LogP contribution in [-0.2, 0) is 17.8 Å². The molecule has 1 unspecified atom stereocenters. The van der Waals surface area contributed by atoms with E-state index in [2.05, 4.69) is 26.2 Å². The summed E-state index contributed by atoms with van der Waals surface area (Å²) in [5.74, 6) is -1.04. The molecule has 2 heterocycles. The number of carboxylic acids is 1. The number of carboxylic acid groups (broad SMARTS) is 1. The summed E-state index contributed by atoms with van der Waals surface area (Å²) < 4.78 is 2.73. The van der Waals surface area contributed by atoms with Crippen LogP contribution < -0.4 is 5.73 Å². The summed E-state index contributed by atoms with van der Waals surface area (Å²) in [6, 6.07) is 1.07. The van der Waals surface area contributed by atoms with Crippen LogP contribution in [0.5, 0.6) is 0 Å². The first-order valence-corrected chi connectivity index (χ1v) is 6.82. The quantitative estimate of drug-likeness (QED) is 0.856. The zero-order valence-corrected chi connectivity index (χ0v) is 11.7. The van der Waals surface area contributed by atoms with Gasteiger partial charge >= 0.3 is 5.97 Å². The van der Waals surface area contributed by atoms with Crippen molar-refractivity contribution in [1.29, 1.82) is 0 Å². The second-order valence-corrected chi connectivity index (χ2v) is 6.11. The first kappa shape index (κ1) is 13.2. The molecule has 0 aliphatic carbocycles. The van der Waals surface area contributed by atoms with Crippen LogP contribution in [0, 0.1) is 0 Å². The van der Waals surface area contributed by atoms with E-state index in [1.807, 2.05) is 11.4 Å². The van der Waals surface area contributed by atoms with Gasteiger partial charge < -0.3 is 10.8 Å². The molecule has 8 heteroatoms. The first-order chi connectivity index (χ1) is 8.54. The molecule has 6 nitrogen and oxygen atoms in total. The van der Waals surface area contributed by atoms with Gasteiger partial charge in [-0.3, -0.25) is 4.79 Å². The van der Waals surface area contributed by atoms with Crippen molar-refractivity contribution in [3.05, 3.63) is 32.7 Å². The van der Waals surface area contributed by atoms with Gasteiger partial charge in [-0.05, 0) is 32.9 Å². The smallest absolute Gasteiger partial charge is 0.320 e. The highest BCUT2D eigenvalue weighted by atomic mass is 79.9. The number of nitrogens with zero attached hydrogens (tertiary/aromatic N) is 3. The van der Waals surface area contributed by atoms with Gasteiger partial charge in [0.05, 0.1) is 16.0 Å². The van der Waals surface area contributed by atoms with Gasteiger partial charge in [0.15, 0.2) is 0 Å². The molecular formula is C10H11BrN4O2S. The molecule has 2 rings (SSSR count). The van der Waals surface area contributed by atoms with Gasteiger partial charge in [-0.15, -0.1) is 16.4 Å². The highest BCUT2D eigenvalue weighted by molar-refractivity contribution is 9.11. The number of nitrogens with two attached hydrogens (primary N) is 1. The fourth-order valence-corrected chi connectivity index (χ4v) is 2.64. The molecule has 0 fully saturated rings. The molecule has 3 N–H and O–H groups in total. The van der Waals surface area contributed by atoms with Gasteiger partial charge in [-0.1, -0.05) is 5.21 Å². The molecule has 0 aliphatic rings. The van der Waals surface area contributed by atoms with Crippen LogP contribution in [-0.4, -0.2) is 32.1 Å². The molecule has 2 aromatic rings. The Morgan fingerprint density at radius 2 is 2.44 bits per heavy atom. The van der Waals surface area contributed by atoms with Crippen molar-refractivity contribution < 1.29 is 9.90 Å². The SMILES string of the molecule is NC(Cc1cn(Cc2csc(Br)c2)nn1)C(=O)O. The molecule has 0 saturated carbocycles. The van der Waals surface area contributed by atoms with E-state index >= 15 is 0 Å². The van der Waals surface area contributed by atoms with E-state index in [9.17, 15) is 4.79 Å². The van der Waals surface area contributed by atoms with Crippen LogP contribution in [0.25, 0.3) is 0 Å². The van der Waals surface area contributed by atoms with Crippen LogP contribution in [0.2, 0.25) is 0 Å². The van der Waals surface area contributed by atoms with E-state index in [4.69, 9.17) is 10.8 Å². The van der Waals surface area contributed by atoms with Crippen LogP contribution in [0.1, 0.15) is 11.3 Å². The lowest BCUT2D eigenvalue weighted by Gasteiger charge is -2.01. The lowest BCUT2D eigenvalue weighted by molar-refractivity contribution is -0.138. The average Bonchev–Trinajstić information content (AvgIpc) is 2.89. The Morgan fingerprint density at radius 3 is 3.06 bits per heavy atom. The zero-order valence-electron chi connectivity index (χ0n) is 9.28.